The molecule has 0 radical (unpaired) electrons. The van der Waals surface area contributed by atoms with Gasteiger partial charge in [-0.3, -0.25) is 14.4 Å². The van der Waals surface area contributed by atoms with E-state index in [0.29, 0.717) is 10.7 Å². The Balaban J connectivity index is 1.34. The van der Waals surface area contributed by atoms with Crippen molar-refractivity contribution in [2.24, 2.45) is 23.7 Å². The van der Waals surface area contributed by atoms with Crippen LogP contribution < -0.4 is 5.32 Å². The molecule has 1 amide bonds. The third-order valence-electron chi connectivity index (χ3n) is 5.21. The van der Waals surface area contributed by atoms with Crippen LogP contribution in [0.4, 0.5) is 5.69 Å². The lowest BCUT2D eigenvalue weighted by atomic mass is 9.80. The standard InChI is InChI=1S/C17H16ClNO5/c18-9-2-1-3-10(6-9)19-13(20)7-23-16(21)14-8-4-11-12(5-8)24-17(22)15(11)14/h1-3,6,8,11-12,14-15H,4-5,7H2,(H,19,20)/t8-,11+,12-,14+,15+/m1/s1. The number of halogens is 1. The maximum absolute atomic E-state index is 12.3. The van der Waals surface area contributed by atoms with Crippen LogP contribution in [0, 0.1) is 23.7 Å². The second kappa shape index (κ2) is 5.77. The summed E-state index contributed by atoms with van der Waals surface area (Å²) in [6, 6.07) is 6.70. The number of anilines is 1. The van der Waals surface area contributed by atoms with E-state index in [0.717, 1.165) is 12.8 Å². The molecule has 1 aromatic carbocycles. The van der Waals surface area contributed by atoms with Crippen molar-refractivity contribution in [1.82, 2.24) is 0 Å². The average molecular weight is 350 g/mol. The van der Waals surface area contributed by atoms with E-state index in [9.17, 15) is 14.4 Å². The summed E-state index contributed by atoms with van der Waals surface area (Å²) in [5.41, 5.74) is 0.533. The molecule has 4 rings (SSSR count). The lowest BCUT2D eigenvalue weighted by molar-refractivity contribution is -0.157. The number of hydrogen-bond acceptors (Lipinski definition) is 5. The fourth-order valence-corrected chi connectivity index (χ4v) is 4.51. The van der Waals surface area contributed by atoms with Crippen molar-refractivity contribution in [2.45, 2.75) is 18.9 Å². The first kappa shape index (κ1) is 15.4. The monoisotopic (exact) mass is 349 g/mol. The van der Waals surface area contributed by atoms with Gasteiger partial charge in [-0.1, -0.05) is 17.7 Å². The molecule has 6 nitrogen and oxygen atoms in total. The second-order valence-electron chi connectivity index (χ2n) is 6.59. The number of hydrogen-bond donors (Lipinski definition) is 1. The van der Waals surface area contributed by atoms with Gasteiger partial charge in [0.2, 0.25) is 0 Å². The molecule has 7 heteroatoms. The molecule has 0 aromatic heterocycles. The van der Waals surface area contributed by atoms with Crippen molar-refractivity contribution < 1.29 is 23.9 Å². The van der Waals surface area contributed by atoms with E-state index in [1.165, 1.54) is 0 Å². The minimum Gasteiger partial charge on any atom is -0.462 e. The van der Waals surface area contributed by atoms with E-state index in [-0.39, 0.29) is 30.5 Å². The van der Waals surface area contributed by atoms with Crippen LogP contribution in [0.15, 0.2) is 24.3 Å². The molecule has 3 aliphatic rings. The molecule has 2 saturated carbocycles. The fourth-order valence-electron chi connectivity index (χ4n) is 4.32. The Morgan fingerprint density at radius 1 is 1.33 bits per heavy atom. The molecule has 5 atom stereocenters. The topological polar surface area (TPSA) is 81.7 Å². The molecular weight excluding hydrogens is 334 g/mol. The smallest absolute Gasteiger partial charge is 0.310 e. The van der Waals surface area contributed by atoms with Gasteiger partial charge in [0.1, 0.15) is 6.10 Å². The Morgan fingerprint density at radius 3 is 2.96 bits per heavy atom. The predicted molar refractivity (Wildman–Crippen MR) is 84.1 cm³/mol. The molecule has 0 spiro atoms. The summed E-state index contributed by atoms with van der Waals surface area (Å²) in [7, 11) is 0. The molecule has 24 heavy (non-hydrogen) atoms. The number of nitrogens with one attached hydrogen (secondary N) is 1. The van der Waals surface area contributed by atoms with Crippen LogP contribution in [0.2, 0.25) is 5.02 Å². The van der Waals surface area contributed by atoms with Gasteiger partial charge in [0, 0.05) is 16.6 Å². The van der Waals surface area contributed by atoms with Gasteiger partial charge in [-0.15, -0.1) is 0 Å². The Kier molecular flexibility index (Phi) is 3.72. The molecule has 2 aliphatic carbocycles. The Hall–Kier alpha value is -2.08. The normalized spacial score (nSPS) is 32.5. The molecule has 0 unspecified atom stereocenters. The lowest BCUT2D eigenvalue weighted by Crippen LogP contribution is -2.34. The van der Waals surface area contributed by atoms with E-state index in [2.05, 4.69) is 5.32 Å². The summed E-state index contributed by atoms with van der Waals surface area (Å²) in [5, 5.41) is 3.11. The summed E-state index contributed by atoms with van der Waals surface area (Å²) < 4.78 is 10.4. The van der Waals surface area contributed by atoms with Crippen molar-refractivity contribution in [1.29, 1.82) is 0 Å². The number of amides is 1. The minimum absolute atomic E-state index is 0.0253. The summed E-state index contributed by atoms with van der Waals surface area (Å²) in [6.45, 7) is -0.384. The van der Waals surface area contributed by atoms with Crippen molar-refractivity contribution in [3.63, 3.8) is 0 Å². The molecule has 3 fully saturated rings. The largest absolute Gasteiger partial charge is 0.462 e. The molecule has 1 aromatic rings. The van der Waals surface area contributed by atoms with Gasteiger partial charge in [-0.05, 0) is 37.0 Å². The molecule has 1 N–H and O–H groups in total. The quantitative estimate of drug-likeness (QED) is 0.841. The van der Waals surface area contributed by atoms with E-state index in [1.54, 1.807) is 24.3 Å². The Morgan fingerprint density at radius 2 is 2.17 bits per heavy atom. The van der Waals surface area contributed by atoms with Crippen LogP contribution in [-0.4, -0.2) is 30.6 Å². The van der Waals surface area contributed by atoms with E-state index in [1.807, 2.05) is 0 Å². The number of benzene rings is 1. The summed E-state index contributed by atoms with van der Waals surface area (Å²) in [6.07, 6.45) is 1.53. The molecular formula is C17H16ClNO5. The zero-order valence-electron chi connectivity index (χ0n) is 12.7. The summed E-state index contributed by atoms with van der Waals surface area (Å²) in [5.74, 6) is -1.82. The van der Waals surface area contributed by atoms with Crippen molar-refractivity contribution >= 4 is 35.1 Å². The van der Waals surface area contributed by atoms with E-state index >= 15 is 0 Å². The molecule has 2 bridgehead atoms. The zero-order chi connectivity index (χ0) is 16.8. The van der Waals surface area contributed by atoms with Crippen molar-refractivity contribution in [3.05, 3.63) is 29.3 Å². The van der Waals surface area contributed by atoms with Crippen LogP contribution in [0.3, 0.4) is 0 Å². The maximum Gasteiger partial charge on any atom is 0.310 e. The van der Waals surface area contributed by atoms with Gasteiger partial charge in [0.15, 0.2) is 6.61 Å². The third-order valence-corrected chi connectivity index (χ3v) is 5.44. The number of esters is 2. The van der Waals surface area contributed by atoms with Gasteiger partial charge in [0.05, 0.1) is 11.8 Å². The van der Waals surface area contributed by atoms with Crippen molar-refractivity contribution in [3.8, 4) is 0 Å². The van der Waals surface area contributed by atoms with Gasteiger partial charge < -0.3 is 14.8 Å². The second-order valence-corrected chi connectivity index (χ2v) is 7.02. The summed E-state index contributed by atoms with van der Waals surface area (Å²) in [4.78, 5) is 36.1. The number of carbonyl (C=O) groups excluding carboxylic acids is 3. The first-order valence-electron chi connectivity index (χ1n) is 7.95. The van der Waals surface area contributed by atoms with E-state index < -0.39 is 23.7 Å². The summed E-state index contributed by atoms with van der Waals surface area (Å²) >= 11 is 5.85. The SMILES string of the molecule is O=C(COC(=O)[C@H]1[C@@H]2C[C@@H]3[C@@H]1C(=O)O[C@@H]3C2)Nc1cccc(Cl)c1. The highest BCUT2D eigenvalue weighted by atomic mass is 35.5. The average Bonchev–Trinajstić information content (AvgIpc) is 3.14. The lowest BCUT2D eigenvalue weighted by Gasteiger charge is -2.22. The number of carbonyl (C=O) groups is 3. The molecule has 1 heterocycles. The molecule has 126 valence electrons. The zero-order valence-corrected chi connectivity index (χ0v) is 13.5. The van der Waals surface area contributed by atoms with Crippen LogP contribution >= 0.6 is 11.6 Å². The van der Waals surface area contributed by atoms with Crippen LogP contribution in [0.1, 0.15) is 12.8 Å². The van der Waals surface area contributed by atoms with Crippen LogP contribution in [-0.2, 0) is 23.9 Å². The first-order chi connectivity index (χ1) is 11.5. The number of ether oxygens (including phenoxy) is 2. The van der Waals surface area contributed by atoms with Crippen molar-refractivity contribution in [2.75, 3.05) is 11.9 Å². The first-order valence-corrected chi connectivity index (χ1v) is 8.33. The number of rotatable bonds is 4. The minimum atomic E-state index is -0.481. The van der Waals surface area contributed by atoms with E-state index in [4.69, 9.17) is 21.1 Å². The van der Waals surface area contributed by atoms with Gasteiger partial charge in [0.25, 0.3) is 5.91 Å². The van der Waals surface area contributed by atoms with Gasteiger partial charge in [-0.25, -0.2) is 0 Å². The fraction of sp³-hybridized carbons (Fsp3) is 0.471. The molecule has 1 aliphatic heterocycles. The maximum atomic E-state index is 12.3. The van der Waals surface area contributed by atoms with Crippen LogP contribution in [0.5, 0.6) is 0 Å². The molecule has 1 saturated heterocycles. The Labute approximate surface area is 143 Å². The highest BCUT2D eigenvalue weighted by molar-refractivity contribution is 6.30. The van der Waals surface area contributed by atoms with Gasteiger partial charge >= 0.3 is 11.9 Å². The number of fused-ring (bicyclic) bond motifs is 1. The highest BCUT2D eigenvalue weighted by Crippen LogP contribution is 2.57. The Bertz CT molecular complexity index is 719. The predicted octanol–water partition coefficient (Wildman–Crippen LogP) is 2.02. The highest BCUT2D eigenvalue weighted by Gasteiger charge is 2.64. The van der Waals surface area contributed by atoms with Crippen LogP contribution in [0.25, 0.3) is 0 Å². The van der Waals surface area contributed by atoms with Gasteiger partial charge in [-0.2, -0.15) is 0 Å². The third kappa shape index (κ3) is 2.55.